The maximum absolute atomic E-state index is 13.9. The van der Waals surface area contributed by atoms with Gasteiger partial charge in [-0.15, -0.1) is 0 Å². The second-order valence-electron chi connectivity index (χ2n) is 12.5. The minimum absolute atomic E-state index is 0.0848. The number of benzene rings is 4. The van der Waals surface area contributed by atoms with E-state index >= 15 is 0 Å². The van der Waals surface area contributed by atoms with Crippen LogP contribution in [0.2, 0.25) is 0 Å². The molecule has 1 fully saturated rings. The van der Waals surface area contributed by atoms with Crippen molar-refractivity contribution < 1.29 is 19.4 Å². The highest BCUT2D eigenvalue weighted by Crippen LogP contribution is 2.55. The molecule has 214 valence electrons. The number of para-hydroxylation sites is 2. The predicted octanol–water partition coefficient (Wildman–Crippen LogP) is 6.39. The first kappa shape index (κ1) is 25.1. The maximum Gasteiger partial charge on any atom is 0.253 e. The van der Waals surface area contributed by atoms with Crippen LogP contribution < -0.4 is 0 Å². The lowest BCUT2D eigenvalue weighted by Gasteiger charge is -2.51. The van der Waals surface area contributed by atoms with Crippen molar-refractivity contribution in [3.63, 3.8) is 0 Å². The van der Waals surface area contributed by atoms with Gasteiger partial charge in [-0.2, -0.15) is 0 Å². The standard InChI is InChI=1S/C36H31N3O4/c1-36-24(19-40)27(37(2)35(42)20-10-4-3-5-11-20)18-29(43-36)38-25-14-8-6-12-21(25)32-31-23(16-17-28(31)41)30-22-13-7-9-15-26(22)39(36)34(30)33(32)38/h3-15,24,27,29,40H,16-19H2,1-2H3/t24-,27-,29-,36+/m1/s1. The summed E-state index contributed by atoms with van der Waals surface area (Å²) < 4.78 is 11.8. The summed E-state index contributed by atoms with van der Waals surface area (Å²) in [6, 6.07) is 25.6. The molecule has 4 atom stereocenters. The SMILES string of the molecule is CN(C(=O)c1ccccc1)[C@@H]1C[C@H]2O[C@@](C)([C@@H]1CO)n1c3ccccc3c3c4c(c5c6ccccc6n2c5c31)C(=O)CC4. The number of rotatable bonds is 3. The van der Waals surface area contributed by atoms with E-state index in [1.807, 2.05) is 61.6 Å². The lowest BCUT2D eigenvalue weighted by molar-refractivity contribution is -0.243. The Morgan fingerprint density at radius 2 is 1.60 bits per heavy atom. The number of carbonyl (C=O) groups excluding carboxylic acids is 2. The molecule has 43 heavy (non-hydrogen) atoms. The molecule has 2 bridgehead atoms. The van der Waals surface area contributed by atoms with E-state index in [0.717, 1.165) is 54.7 Å². The van der Waals surface area contributed by atoms with E-state index in [0.29, 0.717) is 24.8 Å². The van der Waals surface area contributed by atoms with Gasteiger partial charge in [0.1, 0.15) is 6.23 Å². The van der Waals surface area contributed by atoms with Gasteiger partial charge in [-0.25, -0.2) is 0 Å². The Bertz CT molecular complexity index is 2180. The Balaban J connectivity index is 1.43. The van der Waals surface area contributed by atoms with Crippen LogP contribution in [0.15, 0.2) is 78.9 Å². The molecule has 7 heteroatoms. The summed E-state index contributed by atoms with van der Waals surface area (Å²) in [6.45, 7) is 1.91. The molecule has 1 N–H and O–H groups in total. The van der Waals surface area contributed by atoms with Gasteiger partial charge in [0.15, 0.2) is 11.5 Å². The van der Waals surface area contributed by atoms with Crippen LogP contribution in [0.4, 0.5) is 0 Å². The Labute approximate surface area is 247 Å². The highest BCUT2D eigenvalue weighted by atomic mass is 16.5. The quantitative estimate of drug-likeness (QED) is 0.268. The largest absolute Gasteiger partial charge is 0.396 e. The zero-order valence-electron chi connectivity index (χ0n) is 24.1. The summed E-state index contributed by atoms with van der Waals surface area (Å²) in [7, 11) is 1.84. The smallest absolute Gasteiger partial charge is 0.253 e. The Morgan fingerprint density at radius 1 is 0.930 bits per heavy atom. The van der Waals surface area contributed by atoms with Gasteiger partial charge in [-0.3, -0.25) is 9.59 Å². The lowest BCUT2D eigenvalue weighted by Crippen LogP contribution is -2.58. The van der Waals surface area contributed by atoms with E-state index in [4.69, 9.17) is 4.74 Å². The highest BCUT2D eigenvalue weighted by Gasteiger charge is 2.54. The Hall–Kier alpha value is -4.46. The minimum atomic E-state index is -0.987. The summed E-state index contributed by atoms with van der Waals surface area (Å²) in [6.07, 6.45) is 1.28. The van der Waals surface area contributed by atoms with Crippen LogP contribution in [0.1, 0.15) is 52.3 Å². The third-order valence-electron chi connectivity index (χ3n) is 10.5. The van der Waals surface area contributed by atoms with Crippen LogP contribution >= 0.6 is 0 Å². The molecule has 7 nitrogen and oxygen atoms in total. The summed E-state index contributed by atoms with van der Waals surface area (Å²) in [5.41, 5.74) is 5.64. The Kier molecular flexibility index (Phi) is 4.99. The molecule has 4 heterocycles. The zero-order valence-corrected chi connectivity index (χ0v) is 24.1. The Morgan fingerprint density at radius 3 is 2.35 bits per heavy atom. The molecule has 0 radical (unpaired) electrons. The van der Waals surface area contributed by atoms with Crippen LogP contribution in [0.25, 0.3) is 43.6 Å². The fourth-order valence-corrected chi connectivity index (χ4v) is 8.65. The van der Waals surface area contributed by atoms with E-state index in [1.54, 1.807) is 4.90 Å². The number of aliphatic hydroxyl groups excluding tert-OH is 1. The highest BCUT2D eigenvalue weighted by molar-refractivity contribution is 6.31. The van der Waals surface area contributed by atoms with E-state index in [-0.39, 0.29) is 24.3 Å². The van der Waals surface area contributed by atoms with Gasteiger partial charge in [-0.05, 0) is 43.2 Å². The first-order valence-electron chi connectivity index (χ1n) is 15.1. The second-order valence-corrected chi connectivity index (χ2v) is 12.5. The van der Waals surface area contributed by atoms with Gasteiger partial charge in [0.25, 0.3) is 5.91 Å². The topological polar surface area (TPSA) is 76.7 Å². The summed E-state index contributed by atoms with van der Waals surface area (Å²) in [4.78, 5) is 29.3. The number of amides is 1. The van der Waals surface area contributed by atoms with Crippen molar-refractivity contribution >= 4 is 55.3 Å². The van der Waals surface area contributed by atoms with Gasteiger partial charge in [0.05, 0.1) is 34.6 Å². The molecule has 2 aromatic heterocycles. The van der Waals surface area contributed by atoms with Crippen LogP contribution in [0, 0.1) is 5.92 Å². The number of hydrogen-bond donors (Lipinski definition) is 1. The average molecular weight is 570 g/mol. The molecule has 0 unspecified atom stereocenters. The van der Waals surface area contributed by atoms with Gasteiger partial charge in [0, 0.05) is 58.6 Å². The van der Waals surface area contributed by atoms with Crippen LogP contribution in [0.5, 0.6) is 0 Å². The molecule has 1 amide bonds. The number of Topliss-reactive ketones (excluding diaryl/α,β-unsaturated/α-hetero) is 1. The predicted molar refractivity (Wildman–Crippen MR) is 166 cm³/mol. The van der Waals surface area contributed by atoms with Crippen molar-refractivity contribution in [2.75, 3.05) is 13.7 Å². The number of hydrogen-bond acceptors (Lipinski definition) is 4. The lowest BCUT2D eigenvalue weighted by atomic mass is 9.83. The number of fused-ring (bicyclic) bond motifs is 13. The fourth-order valence-electron chi connectivity index (χ4n) is 8.65. The molecule has 0 spiro atoms. The van der Waals surface area contributed by atoms with E-state index in [2.05, 4.69) is 40.3 Å². The third-order valence-corrected chi connectivity index (χ3v) is 10.5. The van der Waals surface area contributed by atoms with Gasteiger partial charge in [-0.1, -0.05) is 54.6 Å². The number of ketones is 1. The van der Waals surface area contributed by atoms with Gasteiger partial charge < -0.3 is 23.9 Å². The monoisotopic (exact) mass is 569 g/mol. The number of aromatic nitrogens is 2. The molecular formula is C36H31N3O4. The fraction of sp³-hybridized carbons (Fsp3) is 0.278. The molecule has 9 rings (SSSR count). The molecule has 1 saturated heterocycles. The number of nitrogens with zero attached hydrogens (tertiary/aromatic N) is 3. The molecule has 3 aliphatic rings. The van der Waals surface area contributed by atoms with Crippen molar-refractivity contribution in [1.29, 1.82) is 0 Å². The average Bonchev–Trinajstić information content (AvgIpc) is 3.68. The van der Waals surface area contributed by atoms with Crippen LogP contribution in [-0.4, -0.2) is 50.5 Å². The van der Waals surface area contributed by atoms with Crippen molar-refractivity contribution in [2.24, 2.45) is 5.92 Å². The molecule has 1 aliphatic carbocycles. The van der Waals surface area contributed by atoms with Crippen molar-refractivity contribution in [3.8, 4) is 0 Å². The first-order valence-corrected chi connectivity index (χ1v) is 15.1. The van der Waals surface area contributed by atoms with E-state index in [9.17, 15) is 14.7 Å². The molecular weight excluding hydrogens is 538 g/mol. The third kappa shape index (κ3) is 3.01. The minimum Gasteiger partial charge on any atom is -0.396 e. The van der Waals surface area contributed by atoms with Crippen molar-refractivity contribution in [1.82, 2.24) is 14.0 Å². The zero-order chi connectivity index (χ0) is 29.2. The molecule has 6 aromatic rings. The number of aryl methyl sites for hydroxylation is 1. The molecule has 0 saturated carbocycles. The maximum atomic E-state index is 13.9. The second kappa shape index (κ2) is 8.56. The number of aliphatic hydroxyl groups is 1. The summed E-state index contributed by atoms with van der Waals surface area (Å²) in [5.74, 6) is -0.310. The first-order chi connectivity index (χ1) is 20.9. The normalized spacial score (nSPS) is 24.3. The van der Waals surface area contributed by atoms with E-state index in [1.165, 1.54) is 0 Å². The summed E-state index contributed by atoms with van der Waals surface area (Å²) in [5, 5.41) is 15.4. The molecule has 2 aliphatic heterocycles. The summed E-state index contributed by atoms with van der Waals surface area (Å²) >= 11 is 0. The van der Waals surface area contributed by atoms with E-state index < -0.39 is 17.9 Å². The van der Waals surface area contributed by atoms with Gasteiger partial charge >= 0.3 is 0 Å². The van der Waals surface area contributed by atoms with Crippen LogP contribution in [-0.2, 0) is 16.9 Å². The van der Waals surface area contributed by atoms with Crippen molar-refractivity contribution in [2.45, 2.75) is 44.2 Å². The van der Waals surface area contributed by atoms with Gasteiger partial charge in [0.2, 0.25) is 0 Å². The number of ether oxygens (including phenoxy) is 1. The van der Waals surface area contributed by atoms with Crippen molar-refractivity contribution in [3.05, 3.63) is 95.6 Å². The van der Waals surface area contributed by atoms with Crippen LogP contribution in [0.3, 0.4) is 0 Å². The molecule has 4 aromatic carbocycles. The number of carbonyl (C=O) groups is 2.